The van der Waals surface area contributed by atoms with Gasteiger partial charge in [-0.25, -0.2) is 5.43 Å². The van der Waals surface area contributed by atoms with Crippen LogP contribution in [0.1, 0.15) is 31.7 Å². The van der Waals surface area contributed by atoms with Crippen LogP contribution in [0.3, 0.4) is 0 Å². The largest absolute Gasteiger partial charge is 0.490 e. The molecule has 0 radical (unpaired) electrons. The Hall–Kier alpha value is -1.79. The van der Waals surface area contributed by atoms with Crippen LogP contribution in [0.5, 0.6) is 5.75 Å². The molecule has 2 N–H and O–H groups in total. The van der Waals surface area contributed by atoms with Crippen molar-refractivity contribution in [3.8, 4) is 5.75 Å². The van der Waals surface area contributed by atoms with Gasteiger partial charge in [0.15, 0.2) is 5.75 Å². The summed E-state index contributed by atoms with van der Waals surface area (Å²) in [6.07, 6.45) is 4.01. The molecule has 0 aromatic heterocycles. The molecule has 1 fully saturated rings. The highest BCUT2D eigenvalue weighted by Gasteiger charge is 2.26. The van der Waals surface area contributed by atoms with E-state index < -0.39 is 11.8 Å². The molecule has 1 aliphatic rings. The summed E-state index contributed by atoms with van der Waals surface area (Å²) >= 11 is 12.2. The van der Waals surface area contributed by atoms with Crippen molar-refractivity contribution >= 4 is 41.2 Å². The standard InChI is InChI=1S/C15H17Cl2N3O3/c1-2-5-23-13-11(16)6-9(7-12(13)17)8-18-20-15(22)14(21)19-10-3-4-10/h6-8,10H,2-5H2,1H3,(H,19,21)(H,20,22)/b18-8-. The van der Waals surface area contributed by atoms with E-state index in [-0.39, 0.29) is 6.04 Å². The molecule has 1 aromatic rings. The molecule has 6 nitrogen and oxygen atoms in total. The molecule has 8 heteroatoms. The van der Waals surface area contributed by atoms with Crippen LogP contribution in [0.2, 0.25) is 10.0 Å². The first-order valence-corrected chi connectivity index (χ1v) is 8.02. The number of carbonyl (C=O) groups is 2. The lowest BCUT2D eigenvalue weighted by atomic mass is 10.2. The van der Waals surface area contributed by atoms with Gasteiger partial charge in [0.05, 0.1) is 22.9 Å². The maximum atomic E-state index is 11.5. The van der Waals surface area contributed by atoms with Crippen molar-refractivity contribution < 1.29 is 14.3 Å². The molecule has 124 valence electrons. The Morgan fingerprint density at radius 3 is 2.52 bits per heavy atom. The smallest absolute Gasteiger partial charge is 0.329 e. The predicted octanol–water partition coefficient (Wildman–Crippen LogP) is 2.51. The SMILES string of the molecule is CCCOc1c(Cl)cc(/C=N\NC(=O)C(=O)NC2CC2)cc1Cl. The van der Waals surface area contributed by atoms with Gasteiger partial charge in [-0.3, -0.25) is 9.59 Å². The van der Waals surface area contributed by atoms with E-state index in [9.17, 15) is 9.59 Å². The lowest BCUT2D eigenvalue weighted by Gasteiger charge is -2.09. The Labute approximate surface area is 144 Å². The minimum absolute atomic E-state index is 0.116. The molecule has 0 bridgehead atoms. The third-order valence-corrected chi connectivity index (χ3v) is 3.53. The van der Waals surface area contributed by atoms with Gasteiger partial charge in [-0.05, 0) is 37.0 Å². The van der Waals surface area contributed by atoms with Crippen molar-refractivity contribution in [1.29, 1.82) is 0 Å². The van der Waals surface area contributed by atoms with Crippen molar-refractivity contribution in [1.82, 2.24) is 10.7 Å². The molecular formula is C15H17Cl2N3O3. The number of hydrogen-bond acceptors (Lipinski definition) is 4. The lowest BCUT2D eigenvalue weighted by Crippen LogP contribution is -2.38. The summed E-state index contributed by atoms with van der Waals surface area (Å²) in [4.78, 5) is 22.9. The number of hydrazone groups is 1. The lowest BCUT2D eigenvalue weighted by molar-refractivity contribution is -0.139. The predicted molar refractivity (Wildman–Crippen MR) is 89.1 cm³/mol. The van der Waals surface area contributed by atoms with E-state index in [2.05, 4.69) is 15.8 Å². The van der Waals surface area contributed by atoms with Gasteiger partial charge in [0, 0.05) is 6.04 Å². The topological polar surface area (TPSA) is 79.8 Å². The normalized spacial score (nSPS) is 13.9. The van der Waals surface area contributed by atoms with E-state index in [0.717, 1.165) is 19.3 Å². The van der Waals surface area contributed by atoms with Gasteiger partial charge in [-0.2, -0.15) is 5.10 Å². The summed E-state index contributed by atoms with van der Waals surface area (Å²) in [5, 5.41) is 6.99. The first-order chi connectivity index (χ1) is 11.0. The van der Waals surface area contributed by atoms with E-state index in [1.54, 1.807) is 12.1 Å². The molecule has 1 aromatic carbocycles. The number of nitrogens with one attached hydrogen (secondary N) is 2. The number of nitrogens with zero attached hydrogens (tertiary/aromatic N) is 1. The van der Waals surface area contributed by atoms with Crippen molar-refractivity contribution in [3.05, 3.63) is 27.7 Å². The van der Waals surface area contributed by atoms with Crippen LogP contribution in [0, 0.1) is 0 Å². The number of halogens is 2. The first kappa shape index (κ1) is 17.6. The van der Waals surface area contributed by atoms with Crippen molar-refractivity contribution in [2.45, 2.75) is 32.2 Å². The zero-order valence-electron chi connectivity index (χ0n) is 12.6. The van der Waals surface area contributed by atoms with Gasteiger partial charge >= 0.3 is 11.8 Å². The fourth-order valence-corrected chi connectivity index (χ4v) is 2.30. The first-order valence-electron chi connectivity index (χ1n) is 7.27. The third-order valence-electron chi connectivity index (χ3n) is 2.97. The van der Waals surface area contributed by atoms with Gasteiger partial charge in [0.25, 0.3) is 0 Å². The minimum atomic E-state index is -0.812. The van der Waals surface area contributed by atoms with Crippen LogP contribution in [0.4, 0.5) is 0 Å². The molecule has 0 atom stereocenters. The van der Waals surface area contributed by atoms with E-state index in [4.69, 9.17) is 27.9 Å². The van der Waals surface area contributed by atoms with E-state index in [0.29, 0.717) is 28.0 Å². The summed E-state index contributed by atoms with van der Waals surface area (Å²) in [5.41, 5.74) is 2.73. The Balaban J connectivity index is 1.93. The van der Waals surface area contributed by atoms with Crippen molar-refractivity contribution in [2.24, 2.45) is 5.10 Å². The molecule has 0 spiro atoms. The highest BCUT2D eigenvalue weighted by molar-refractivity contribution is 6.37. The maximum Gasteiger partial charge on any atom is 0.329 e. The maximum absolute atomic E-state index is 11.5. The number of benzene rings is 1. The van der Waals surface area contributed by atoms with Crippen LogP contribution in [0.15, 0.2) is 17.2 Å². The zero-order valence-corrected chi connectivity index (χ0v) is 14.1. The number of ether oxygens (including phenoxy) is 1. The molecule has 2 rings (SSSR count). The fraction of sp³-hybridized carbons (Fsp3) is 0.400. The minimum Gasteiger partial charge on any atom is -0.490 e. The highest BCUT2D eigenvalue weighted by Crippen LogP contribution is 2.33. The Bertz CT molecular complexity index is 607. The second-order valence-electron chi connectivity index (χ2n) is 5.11. The molecule has 23 heavy (non-hydrogen) atoms. The zero-order chi connectivity index (χ0) is 16.8. The molecule has 1 saturated carbocycles. The second kappa shape index (κ2) is 8.17. The molecule has 0 unspecified atom stereocenters. The number of amides is 2. The van der Waals surface area contributed by atoms with Gasteiger partial charge < -0.3 is 10.1 Å². The Morgan fingerprint density at radius 1 is 1.30 bits per heavy atom. The Morgan fingerprint density at radius 2 is 1.96 bits per heavy atom. The highest BCUT2D eigenvalue weighted by atomic mass is 35.5. The average Bonchev–Trinajstić information content (AvgIpc) is 3.30. The van der Waals surface area contributed by atoms with Gasteiger partial charge in [0.1, 0.15) is 0 Å². The number of carbonyl (C=O) groups excluding carboxylic acids is 2. The van der Waals surface area contributed by atoms with Gasteiger partial charge in [-0.15, -0.1) is 0 Å². The van der Waals surface area contributed by atoms with Crippen LogP contribution in [-0.2, 0) is 9.59 Å². The number of rotatable bonds is 6. The van der Waals surface area contributed by atoms with E-state index >= 15 is 0 Å². The van der Waals surface area contributed by atoms with Crippen LogP contribution in [0.25, 0.3) is 0 Å². The molecule has 0 aliphatic heterocycles. The van der Waals surface area contributed by atoms with Gasteiger partial charge in [-0.1, -0.05) is 30.1 Å². The number of hydrogen-bond donors (Lipinski definition) is 2. The monoisotopic (exact) mass is 357 g/mol. The summed E-state index contributed by atoms with van der Waals surface area (Å²) < 4.78 is 5.46. The van der Waals surface area contributed by atoms with Crippen molar-refractivity contribution in [3.63, 3.8) is 0 Å². The quantitative estimate of drug-likeness (QED) is 0.466. The van der Waals surface area contributed by atoms with Crippen molar-refractivity contribution in [2.75, 3.05) is 6.61 Å². The Kier molecular flexibility index (Phi) is 6.24. The average molecular weight is 358 g/mol. The summed E-state index contributed by atoms with van der Waals surface area (Å²) in [6, 6.07) is 3.34. The molecule has 2 amide bonds. The third kappa shape index (κ3) is 5.41. The van der Waals surface area contributed by atoms with E-state index in [1.165, 1.54) is 6.21 Å². The summed E-state index contributed by atoms with van der Waals surface area (Å²) in [7, 11) is 0. The fourth-order valence-electron chi connectivity index (χ4n) is 1.69. The van der Waals surface area contributed by atoms with Crippen LogP contribution < -0.4 is 15.5 Å². The van der Waals surface area contributed by atoms with E-state index in [1.807, 2.05) is 6.92 Å². The molecule has 1 aliphatic carbocycles. The molecule has 0 heterocycles. The summed E-state index contributed by atoms with van der Waals surface area (Å²) in [6.45, 7) is 2.49. The van der Waals surface area contributed by atoms with Gasteiger partial charge in [0.2, 0.25) is 0 Å². The van der Waals surface area contributed by atoms with Crippen LogP contribution in [-0.4, -0.2) is 30.7 Å². The van der Waals surface area contributed by atoms with Crippen LogP contribution >= 0.6 is 23.2 Å². The molecular weight excluding hydrogens is 341 g/mol. The molecule has 0 saturated heterocycles. The summed E-state index contributed by atoms with van der Waals surface area (Å²) in [5.74, 6) is -1.09. The second-order valence-corrected chi connectivity index (χ2v) is 5.92.